The van der Waals surface area contributed by atoms with Gasteiger partial charge in [0, 0.05) is 25.2 Å². The van der Waals surface area contributed by atoms with E-state index >= 15 is 0 Å². The summed E-state index contributed by atoms with van der Waals surface area (Å²) in [6.07, 6.45) is 5.69. The Bertz CT molecular complexity index is 235. The van der Waals surface area contributed by atoms with Crippen molar-refractivity contribution < 1.29 is 9.84 Å². The molecule has 0 spiro atoms. The lowest BCUT2D eigenvalue weighted by Gasteiger charge is -2.40. The minimum absolute atomic E-state index is 0.0701. The highest BCUT2D eigenvalue weighted by atomic mass is 16.5. The lowest BCUT2D eigenvalue weighted by atomic mass is 10.0. The highest BCUT2D eigenvalue weighted by Gasteiger charge is 2.32. The lowest BCUT2D eigenvalue weighted by Crippen LogP contribution is -2.55. The van der Waals surface area contributed by atoms with Crippen molar-refractivity contribution in [3.8, 4) is 0 Å². The molecular formula is C13H26N2O2. The second-order valence-electron chi connectivity index (χ2n) is 5.54. The van der Waals surface area contributed by atoms with Crippen LogP contribution in [-0.2, 0) is 4.74 Å². The molecule has 0 bridgehead atoms. The molecule has 4 atom stereocenters. The Hall–Kier alpha value is -0.160. The fourth-order valence-corrected chi connectivity index (χ4v) is 3.01. The number of aliphatic hydroxyl groups excluding tert-OH is 1. The molecule has 0 aromatic heterocycles. The van der Waals surface area contributed by atoms with E-state index in [4.69, 9.17) is 10.5 Å². The molecule has 4 unspecified atom stereocenters. The number of rotatable bonds is 2. The third-order valence-electron chi connectivity index (χ3n) is 4.12. The minimum Gasteiger partial charge on any atom is -0.391 e. The number of nitrogens with two attached hydrogens (primary N) is 1. The summed E-state index contributed by atoms with van der Waals surface area (Å²) < 4.78 is 5.68. The molecule has 1 saturated heterocycles. The maximum atomic E-state index is 10.2. The Morgan fingerprint density at radius 2 is 2.06 bits per heavy atom. The Labute approximate surface area is 104 Å². The molecular weight excluding hydrogens is 216 g/mol. The van der Waals surface area contributed by atoms with E-state index in [9.17, 15) is 5.11 Å². The predicted octanol–water partition coefficient (Wildman–Crippen LogP) is 0.728. The van der Waals surface area contributed by atoms with Crippen molar-refractivity contribution in [1.82, 2.24) is 4.90 Å². The maximum absolute atomic E-state index is 10.2. The molecule has 4 heteroatoms. The van der Waals surface area contributed by atoms with Crippen molar-refractivity contribution in [1.29, 1.82) is 0 Å². The van der Waals surface area contributed by atoms with Gasteiger partial charge in [0.1, 0.15) is 0 Å². The van der Waals surface area contributed by atoms with Crippen LogP contribution in [0.25, 0.3) is 0 Å². The third-order valence-corrected chi connectivity index (χ3v) is 4.12. The maximum Gasteiger partial charge on any atom is 0.0850 e. The van der Waals surface area contributed by atoms with Crippen molar-refractivity contribution in [3.63, 3.8) is 0 Å². The fraction of sp³-hybridized carbons (Fsp3) is 1.00. The van der Waals surface area contributed by atoms with Gasteiger partial charge in [-0.25, -0.2) is 0 Å². The van der Waals surface area contributed by atoms with E-state index in [1.165, 1.54) is 19.3 Å². The number of ether oxygens (including phenoxy) is 1. The van der Waals surface area contributed by atoms with E-state index in [-0.39, 0.29) is 18.2 Å². The van der Waals surface area contributed by atoms with Gasteiger partial charge in [-0.1, -0.05) is 19.3 Å². The molecule has 0 aromatic carbocycles. The first-order chi connectivity index (χ1) is 8.18. The van der Waals surface area contributed by atoms with Gasteiger partial charge in [0.25, 0.3) is 0 Å². The molecule has 100 valence electrons. The predicted molar refractivity (Wildman–Crippen MR) is 67.8 cm³/mol. The highest BCUT2D eigenvalue weighted by molar-refractivity contribution is 4.87. The van der Waals surface area contributed by atoms with Crippen LogP contribution in [-0.4, -0.2) is 54.0 Å². The Morgan fingerprint density at radius 3 is 2.82 bits per heavy atom. The van der Waals surface area contributed by atoms with Gasteiger partial charge in [-0.2, -0.15) is 0 Å². The van der Waals surface area contributed by atoms with Crippen molar-refractivity contribution in [2.45, 2.75) is 63.3 Å². The summed E-state index contributed by atoms with van der Waals surface area (Å²) in [7, 11) is 0. The zero-order valence-electron chi connectivity index (χ0n) is 10.8. The average molecular weight is 242 g/mol. The van der Waals surface area contributed by atoms with Crippen LogP contribution in [0.15, 0.2) is 0 Å². The molecule has 1 aliphatic heterocycles. The van der Waals surface area contributed by atoms with Crippen LogP contribution in [0.3, 0.4) is 0 Å². The van der Waals surface area contributed by atoms with Crippen LogP contribution in [0.5, 0.6) is 0 Å². The smallest absolute Gasteiger partial charge is 0.0850 e. The van der Waals surface area contributed by atoms with Crippen LogP contribution in [0.1, 0.15) is 39.0 Å². The van der Waals surface area contributed by atoms with Crippen LogP contribution in [0.4, 0.5) is 0 Å². The van der Waals surface area contributed by atoms with Gasteiger partial charge in [-0.3, -0.25) is 4.90 Å². The van der Waals surface area contributed by atoms with E-state index in [0.717, 1.165) is 32.5 Å². The monoisotopic (exact) mass is 242 g/mol. The minimum atomic E-state index is -0.163. The molecule has 3 N–H and O–H groups in total. The molecule has 1 saturated carbocycles. The van der Waals surface area contributed by atoms with E-state index in [0.29, 0.717) is 6.04 Å². The lowest BCUT2D eigenvalue weighted by molar-refractivity contribution is -0.0722. The topological polar surface area (TPSA) is 58.7 Å². The molecule has 2 fully saturated rings. The van der Waals surface area contributed by atoms with Crippen molar-refractivity contribution in [2.75, 3.05) is 19.7 Å². The third kappa shape index (κ3) is 3.41. The van der Waals surface area contributed by atoms with Crippen molar-refractivity contribution >= 4 is 0 Å². The number of hydrogen-bond donors (Lipinski definition) is 2. The van der Waals surface area contributed by atoms with Gasteiger partial charge in [0.2, 0.25) is 0 Å². The summed E-state index contributed by atoms with van der Waals surface area (Å²) >= 11 is 0. The molecule has 0 aromatic rings. The first-order valence-electron chi connectivity index (χ1n) is 6.98. The zero-order chi connectivity index (χ0) is 12.3. The SMILES string of the molecule is CC(N)C1CN(C2CCCCCC2O)CCO1. The largest absolute Gasteiger partial charge is 0.391 e. The molecule has 0 amide bonds. The average Bonchev–Trinajstić information content (AvgIpc) is 2.54. The van der Waals surface area contributed by atoms with E-state index < -0.39 is 0 Å². The summed E-state index contributed by atoms with van der Waals surface area (Å²) in [6.45, 7) is 4.55. The van der Waals surface area contributed by atoms with Crippen LogP contribution < -0.4 is 5.73 Å². The van der Waals surface area contributed by atoms with Crippen molar-refractivity contribution in [2.24, 2.45) is 5.73 Å². The standard InChI is InChI=1S/C13H26N2O2/c1-10(14)13-9-15(7-8-17-13)11-5-3-2-4-6-12(11)16/h10-13,16H,2-9,14H2,1H3. The summed E-state index contributed by atoms with van der Waals surface area (Å²) in [5.41, 5.74) is 5.91. The molecule has 0 radical (unpaired) electrons. The second-order valence-corrected chi connectivity index (χ2v) is 5.54. The Balaban J connectivity index is 1.95. The summed E-state index contributed by atoms with van der Waals surface area (Å²) in [4.78, 5) is 2.40. The van der Waals surface area contributed by atoms with Crippen LogP contribution in [0, 0.1) is 0 Å². The zero-order valence-corrected chi connectivity index (χ0v) is 10.8. The fourth-order valence-electron chi connectivity index (χ4n) is 3.01. The summed E-state index contributed by atoms with van der Waals surface area (Å²) in [6, 6.07) is 0.392. The highest BCUT2D eigenvalue weighted by Crippen LogP contribution is 2.24. The van der Waals surface area contributed by atoms with Gasteiger partial charge in [0.05, 0.1) is 18.8 Å². The number of morpholine rings is 1. The molecule has 2 aliphatic rings. The van der Waals surface area contributed by atoms with Crippen LogP contribution >= 0.6 is 0 Å². The Kier molecular flexibility index (Phi) is 4.79. The van der Waals surface area contributed by atoms with E-state index in [1.807, 2.05) is 6.92 Å². The first-order valence-corrected chi connectivity index (χ1v) is 6.98. The molecule has 4 nitrogen and oxygen atoms in total. The van der Waals surface area contributed by atoms with Gasteiger partial charge in [0.15, 0.2) is 0 Å². The number of nitrogens with zero attached hydrogens (tertiary/aromatic N) is 1. The van der Waals surface area contributed by atoms with Gasteiger partial charge < -0.3 is 15.6 Å². The number of aliphatic hydroxyl groups is 1. The summed E-state index contributed by atoms with van der Waals surface area (Å²) in [5, 5.41) is 10.2. The van der Waals surface area contributed by atoms with Gasteiger partial charge in [-0.05, 0) is 19.8 Å². The molecule has 1 aliphatic carbocycles. The van der Waals surface area contributed by atoms with Crippen LogP contribution in [0.2, 0.25) is 0 Å². The second kappa shape index (κ2) is 6.14. The Morgan fingerprint density at radius 1 is 1.29 bits per heavy atom. The van der Waals surface area contributed by atoms with Gasteiger partial charge >= 0.3 is 0 Å². The van der Waals surface area contributed by atoms with E-state index in [2.05, 4.69) is 4.90 Å². The normalized spacial score (nSPS) is 38.6. The first kappa shape index (κ1) is 13.3. The molecule has 1 heterocycles. The van der Waals surface area contributed by atoms with Gasteiger partial charge in [-0.15, -0.1) is 0 Å². The summed E-state index contributed by atoms with van der Waals surface area (Å²) in [5.74, 6) is 0. The molecule has 17 heavy (non-hydrogen) atoms. The van der Waals surface area contributed by atoms with Crippen molar-refractivity contribution in [3.05, 3.63) is 0 Å². The van der Waals surface area contributed by atoms with E-state index in [1.54, 1.807) is 0 Å². The number of hydrogen-bond acceptors (Lipinski definition) is 4. The quantitative estimate of drug-likeness (QED) is 0.701. The molecule has 2 rings (SSSR count).